The molecule has 64 heavy (non-hydrogen) atoms. The highest BCUT2D eigenvalue weighted by Gasteiger charge is 2.61. The van der Waals surface area contributed by atoms with E-state index in [0.717, 1.165) is 23.2 Å². The SMILES string of the molecule is c1ccc(-c2cccc(N(c3ccccc3)c3ccc4c(c3)C3(c5cc6cc(N(c7ccccc7)c7cccc(-c8ccccc8)c7)ccc6cc5-4)C4CC5CC(C4)CC3C5)c2)cc1. The van der Waals surface area contributed by atoms with Gasteiger partial charge in [-0.2, -0.15) is 0 Å². The van der Waals surface area contributed by atoms with Gasteiger partial charge in [-0.15, -0.1) is 0 Å². The molecule has 14 rings (SSSR count). The zero-order valence-corrected chi connectivity index (χ0v) is 36.0. The maximum Gasteiger partial charge on any atom is 0.0468 e. The summed E-state index contributed by atoms with van der Waals surface area (Å²) in [5.41, 5.74) is 18.0. The highest BCUT2D eigenvalue weighted by Crippen LogP contribution is 2.70. The Morgan fingerprint density at radius 2 is 0.734 bits per heavy atom. The van der Waals surface area contributed by atoms with Crippen molar-refractivity contribution in [3.8, 4) is 33.4 Å². The van der Waals surface area contributed by atoms with Crippen LogP contribution in [0.25, 0.3) is 44.2 Å². The van der Waals surface area contributed by atoms with Gasteiger partial charge < -0.3 is 9.80 Å². The molecule has 5 aliphatic carbocycles. The van der Waals surface area contributed by atoms with Gasteiger partial charge >= 0.3 is 0 Å². The van der Waals surface area contributed by atoms with E-state index in [1.807, 2.05) is 0 Å². The maximum absolute atomic E-state index is 2.65. The monoisotopic (exact) mass is 822 g/mol. The van der Waals surface area contributed by atoms with Crippen molar-refractivity contribution >= 4 is 44.9 Å². The summed E-state index contributed by atoms with van der Waals surface area (Å²) in [5.74, 6) is 3.02. The predicted octanol–water partition coefficient (Wildman–Crippen LogP) is 16.8. The summed E-state index contributed by atoms with van der Waals surface area (Å²) in [5, 5.41) is 2.62. The van der Waals surface area contributed by atoms with Crippen LogP contribution in [0.5, 0.6) is 0 Å². The molecule has 9 aromatic carbocycles. The Morgan fingerprint density at radius 1 is 0.297 bits per heavy atom. The summed E-state index contributed by atoms with van der Waals surface area (Å²) >= 11 is 0. The summed E-state index contributed by atoms with van der Waals surface area (Å²) in [6.45, 7) is 0. The molecule has 0 aliphatic heterocycles. The quantitative estimate of drug-likeness (QED) is 0.151. The van der Waals surface area contributed by atoms with Crippen LogP contribution in [0.4, 0.5) is 34.1 Å². The molecule has 4 saturated carbocycles. The van der Waals surface area contributed by atoms with Gasteiger partial charge in [0.05, 0.1) is 0 Å². The van der Waals surface area contributed by atoms with Crippen molar-refractivity contribution in [2.45, 2.75) is 37.5 Å². The molecule has 0 N–H and O–H groups in total. The molecule has 2 nitrogen and oxygen atoms in total. The van der Waals surface area contributed by atoms with Gasteiger partial charge in [-0.3, -0.25) is 0 Å². The normalized spacial score (nSPS) is 21.2. The van der Waals surface area contributed by atoms with Crippen molar-refractivity contribution in [2.24, 2.45) is 23.7 Å². The third-order valence-corrected chi connectivity index (χ3v) is 15.5. The van der Waals surface area contributed by atoms with Gasteiger partial charge in [0, 0.05) is 39.5 Å². The van der Waals surface area contributed by atoms with Gasteiger partial charge in [-0.05, 0) is 196 Å². The number of benzene rings is 9. The van der Waals surface area contributed by atoms with E-state index in [1.165, 1.54) is 99.0 Å². The number of hydrogen-bond acceptors (Lipinski definition) is 2. The minimum atomic E-state index is -0.00430. The van der Waals surface area contributed by atoms with Crippen LogP contribution in [0.15, 0.2) is 218 Å². The lowest BCUT2D eigenvalue weighted by Gasteiger charge is -2.61. The zero-order chi connectivity index (χ0) is 42.2. The number of anilines is 6. The lowest BCUT2D eigenvalue weighted by Crippen LogP contribution is -2.55. The maximum atomic E-state index is 2.65. The van der Waals surface area contributed by atoms with Crippen molar-refractivity contribution in [1.29, 1.82) is 0 Å². The Balaban J connectivity index is 0.975. The van der Waals surface area contributed by atoms with Crippen LogP contribution in [-0.2, 0) is 5.41 Å². The second-order valence-electron chi connectivity index (χ2n) is 19.0. The second-order valence-corrected chi connectivity index (χ2v) is 19.0. The third-order valence-electron chi connectivity index (χ3n) is 15.5. The lowest BCUT2D eigenvalue weighted by molar-refractivity contribution is -0.0398. The number of para-hydroxylation sites is 2. The predicted molar refractivity (Wildman–Crippen MR) is 267 cm³/mol. The van der Waals surface area contributed by atoms with Crippen molar-refractivity contribution < 1.29 is 0 Å². The molecule has 9 aromatic rings. The first-order valence-corrected chi connectivity index (χ1v) is 23.4. The Bertz CT molecular complexity index is 3150. The van der Waals surface area contributed by atoms with Crippen LogP contribution in [0.2, 0.25) is 0 Å². The highest BCUT2D eigenvalue weighted by atomic mass is 15.1. The fourth-order valence-corrected chi connectivity index (χ4v) is 13.1. The van der Waals surface area contributed by atoms with Crippen molar-refractivity contribution in [3.63, 3.8) is 0 Å². The molecular weight excluding hydrogens is 773 g/mol. The van der Waals surface area contributed by atoms with E-state index in [2.05, 4.69) is 228 Å². The Labute approximate surface area is 377 Å². The van der Waals surface area contributed by atoms with Crippen LogP contribution in [0.1, 0.15) is 43.2 Å². The molecule has 0 atom stereocenters. The van der Waals surface area contributed by atoms with Gasteiger partial charge in [0.25, 0.3) is 0 Å². The molecule has 308 valence electrons. The first kappa shape index (κ1) is 37.4. The number of hydrogen-bond donors (Lipinski definition) is 0. The first-order chi connectivity index (χ1) is 31.7. The summed E-state index contributed by atoms with van der Waals surface area (Å²) in [4.78, 5) is 4.93. The van der Waals surface area contributed by atoms with Crippen LogP contribution < -0.4 is 9.80 Å². The molecule has 0 aromatic heterocycles. The molecule has 0 saturated heterocycles. The standard InChI is InChI=1S/C62H50N2/c1-5-15-44(16-6-1)46-19-13-25-54(36-46)63(52-21-9-3-10-22-52)56-28-27-48-39-59-58-30-29-57(64(53-23-11-4-12-24-53)55-26-14-20-47(37-55)45-17-7-2-8-18-45)41-61(58)62(60(59)40-49(48)38-56)50-32-42-31-43(34-50)35-51(62)33-42/h1-30,36-43,50-51H,31-35H2. The molecule has 0 radical (unpaired) electrons. The summed E-state index contributed by atoms with van der Waals surface area (Å²) in [7, 11) is 0. The topological polar surface area (TPSA) is 6.48 Å². The van der Waals surface area contributed by atoms with E-state index in [0.29, 0.717) is 11.8 Å². The Morgan fingerprint density at radius 3 is 1.28 bits per heavy atom. The largest absolute Gasteiger partial charge is 0.310 e. The molecule has 0 unspecified atom stereocenters. The minimum Gasteiger partial charge on any atom is -0.310 e. The zero-order valence-electron chi connectivity index (χ0n) is 36.0. The molecule has 0 amide bonds. The summed E-state index contributed by atoms with van der Waals surface area (Å²) < 4.78 is 0. The third kappa shape index (κ3) is 5.99. The molecule has 4 bridgehead atoms. The summed E-state index contributed by atoms with van der Waals surface area (Å²) in [6.07, 6.45) is 6.80. The average molecular weight is 823 g/mol. The minimum absolute atomic E-state index is 0.00430. The van der Waals surface area contributed by atoms with E-state index in [4.69, 9.17) is 0 Å². The van der Waals surface area contributed by atoms with Crippen molar-refractivity contribution in [3.05, 3.63) is 230 Å². The Kier molecular flexibility index (Phi) is 8.76. The molecular formula is C62H50N2. The molecule has 2 heteroatoms. The molecule has 0 heterocycles. The fourth-order valence-electron chi connectivity index (χ4n) is 13.1. The van der Waals surface area contributed by atoms with E-state index in [9.17, 15) is 0 Å². The van der Waals surface area contributed by atoms with Gasteiger partial charge in [0.2, 0.25) is 0 Å². The number of nitrogens with zero attached hydrogens (tertiary/aromatic N) is 2. The average Bonchev–Trinajstić information content (AvgIpc) is 3.62. The van der Waals surface area contributed by atoms with Crippen LogP contribution in [-0.4, -0.2) is 0 Å². The van der Waals surface area contributed by atoms with Gasteiger partial charge in [-0.1, -0.05) is 133 Å². The van der Waals surface area contributed by atoms with Crippen LogP contribution >= 0.6 is 0 Å². The van der Waals surface area contributed by atoms with E-state index in [1.54, 1.807) is 11.1 Å². The fraction of sp³-hybridized carbons (Fsp3) is 0.161. The van der Waals surface area contributed by atoms with E-state index < -0.39 is 0 Å². The van der Waals surface area contributed by atoms with Gasteiger partial charge in [-0.25, -0.2) is 0 Å². The smallest absolute Gasteiger partial charge is 0.0468 e. The highest BCUT2D eigenvalue weighted by molar-refractivity contribution is 5.97. The molecule has 4 fully saturated rings. The van der Waals surface area contributed by atoms with E-state index >= 15 is 0 Å². The summed E-state index contributed by atoms with van der Waals surface area (Å²) in [6, 6.07) is 81.4. The van der Waals surface area contributed by atoms with Gasteiger partial charge in [0.1, 0.15) is 0 Å². The van der Waals surface area contributed by atoms with Gasteiger partial charge in [0.15, 0.2) is 0 Å². The van der Waals surface area contributed by atoms with Crippen molar-refractivity contribution in [1.82, 2.24) is 0 Å². The van der Waals surface area contributed by atoms with E-state index in [-0.39, 0.29) is 5.41 Å². The van der Waals surface area contributed by atoms with Crippen LogP contribution in [0, 0.1) is 23.7 Å². The first-order valence-electron chi connectivity index (χ1n) is 23.4. The second kappa shape index (κ2) is 15.0. The molecule has 5 aliphatic rings. The number of rotatable bonds is 8. The van der Waals surface area contributed by atoms with Crippen LogP contribution in [0.3, 0.4) is 0 Å². The lowest BCUT2D eigenvalue weighted by atomic mass is 9.43. The molecule has 1 spiro atoms. The van der Waals surface area contributed by atoms with Crippen molar-refractivity contribution in [2.75, 3.05) is 9.80 Å². The Hall–Kier alpha value is -7.16. The number of fused-ring (bicyclic) bond motifs is 4.